The second-order valence-electron chi connectivity index (χ2n) is 7.20. The third-order valence-electron chi connectivity index (χ3n) is 5.17. The molecule has 1 heterocycles. The minimum Gasteiger partial charge on any atom is -0.352 e. The van der Waals surface area contributed by atoms with Gasteiger partial charge in [-0.05, 0) is 43.7 Å². The van der Waals surface area contributed by atoms with Crippen molar-refractivity contribution in [2.45, 2.75) is 39.8 Å². The molecule has 0 aliphatic heterocycles. The topological polar surface area (TPSA) is 72.5 Å². The van der Waals surface area contributed by atoms with Crippen LogP contribution in [0.4, 0.5) is 4.39 Å². The fourth-order valence-corrected chi connectivity index (χ4v) is 3.25. The fraction of sp³-hybridized carbons (Fsp3) is 0.348. The molecule has 7 heteroatoms. The van der Waals surface area contributed by atoms with Gasteiger partial charge in [0.25, 0.3) is 0 Å². The molecule has 0 radical (unpaired) electrons. The number of quaternary nitrogens is 1. The normalized spacial score (nSPS) is 11.1. The molecule has 30 heavy (non-hydrogen) atoms. The van der Waals surface area contributed by atoms with Crippen molar-refractivity contribution in [3.63, 3.8) is 0 Å². The molecule has 158 valence electrons. The number of hydrogen-bond acceptors (Lipinski definition) is 4. The Kier molecular flexibility index (Phi) is 7.68. The van der Waals surface area contributed by atoms with E-state index in [1.807, 2.05) is 12.1 Å². The summed E-state index contributed by atoms with van der Waals surface area (Å²) in [7, 11) is 0. The molecule has 0 aliphatic rings. The van der Waals surface area contributed by atoms with E-state index < -0.39 is 0 Å². The maximum Gasteiger partial charge on any atom is 0.227 e. The number of carbonyl (C=O) groups excluding carboxylic acids is 1. The van der Waals surface area contributed by atoms with Gasteiger partial charge in [0.1, 0.15) is 12.4 Å². The average Bonchev–Trinajstić information content (AvgIpc) is 3.24. The van der Waals surface area contributed by atoms with Gasteiger partial charge in [-0.25, -0.2) is 4.39 Å². The van der Waals surface area contributed by atoms with Crippen LogP contribution in [0.15, 0.2) is 53.1 Å². The molecule has 1 aromatic heterocycles. The van der Waals surface area contributed by atoms with E-state index in [0.29, 0.717) is 30.2 Å². The molecule has 0 saturated heterocycles. The van der Waals surface area contributed by atoms with Crippen LogP contribution >= 0.6 is 0 Å². The Balaban J connectivity index is 1.51. The number of benzene rings is 2. The van der Waals surface area contributed by atoms with Crippen molar-refractivity contribution in [1.82, 2.24) is 15.5 Å². The first-order valence-corrected chi connectivity index (χ1v) is 10.3. The van der Waals surface area contributed by atoms with E-state index in [2.05, 4.69) is 41.4 Å². The Bertz CT molecular complexity index is 952. The summed E-state index contributed by atoms with van der Waals surface area (Å²) in [5.41, 5.74) is 3.07. The molecule has 0 bridgehead atoms. The molecule has 0 unspecified atom stereocenters. The van der Waals surface area contributed by atoms with Gasteiger partial charge in [0.15, 0.2) is 0 Å². The van der Waals surface area contributed by atoms with Crippen LogP contribution < -0.4 is 10.2 Å². The highest BCUT2D eigenvalue weighted by Gasteiger charge is 2.12. The van der Waals surface area contributed by atoms with E-state index in [-0.39, 0.29) is 18.1 Å². The van der Waals surface area contributed by atoms with E-state index in [1.54, 1.807) is 12.1 Å². The van der Waals surface area contributed by atoms with Crippen molar-refractivity contribution in [1.29, 1.82) is 0 Å². The van der Waals surface area contributed by atoms with Crippen LogP contribution in [-0.2, 0) is 24.3 Å². The number of aromatic nitrogens is 2. The first-order valence-electron chi connectivity index (χ1n) is 10.3. The minimum absolute atomic E-state index is 0.0680. The maximum atomic E-state index is 13.0. The first kappa shape index (κ1) is 21.6. The number of aryl methyl sites for hydroxylation is 1. The number of nitrogens with zero attached hydrogens (tertiary/aromatic N) is 2. The van der Waals surface area contributed by atoms with E-state index in [0.717, 1.165) is 25.2 Å². The van der Waals surface area contributed by atoms with Gasteiger partial charge in [-0.2, -0.15) is 4.98 Å². The number of amides is 1. The van der Waals surface area contributed by atoms with Crippen LogP contribution in [0.1, 0.15) is 37.3 Å². The molecule has 2 aromatic carbocycles. The van der Waals surface area contributed by atoms with Gasteiger partial charge in [0.2, 0.25) is 17.6 Å². The van der Waals surface area contributed by atoms with Gasteiger partial charge >= 0.3 is 0 Å². The zero-order chi connectivity index (χ0) is 21.3. The SMILES string of the molecule is CC[NH+](CC)Cc1ccccc1CNC(=O)CCc1nc(-c2ccc(F)cc2)no1. The molecular formula is C23H28FN4O2+. The van der Waals surface area contributed by atoms with E-state index in [4.69, 9.17) is 4.52 Å². The molecule has 3 rings (SSSR count). The quantitative estimate of drug-likeness (QED) is 0.538. The summed E-state index contributed by atoms with van der Waals surface area (Å²) in [6.45, 7) is 7.96. The number of carbonyl (C=O) groups is 1. The average molecular weight is 412 g/mol. The lowest BCUT2D eigenvalue weighted by Gasteiger charge is -2.17. The number of halogens is 1. The van der Waals surface area contributed by atoms with Gasteiger partial charge in [0, 0.05) is 30.5 Å². The Labute approximate surface area is 176 Å². The summed E-state index contributed by atoms with van der Waals surface area (Å²) >= 11 is 0. The van der Waals surface area contributed by atoms with Gasteiger partial charge in [-0.3, -0.25) is 4.79 Å². The van der Waals surface area contributed by atoms with Crippen LogP contribution in [-0.4, -0.2) is 29.1 Å². The summed E-state index contributed by atoms with van der Waals surface area (Å²) in [4.78, 5) is 18.1. The Morgan fingerprint density at radius 2 is 1.77 bits per heavy atom. The summed E-state index contributed by atoms with van der Waals surface area (Å²) in [6, 6.07) is 14.1. The van der Waals surface area contributed by atoms with Crippen LogP contribution in [0.25, 0.3) is 11.4 Å². The van der Waals surface area contributed by atoms with Crippen LogP contribution in [0.2, 0.25) is 0 Å². The van der Waals surface area contributed by atoms with Crippen LogP contribution in [0, 0.1) is 5.82 Å². The summed E-state index contributed by atoms with van der Waals surface area (Å²) < 4.78 is 18.2. The van der Waals surface area contributed by atoms with Crippen molar-refractivity contribution in [2.75, 3.05) is 13.1 Å². The van der Waals surface area contributed by atoms with Crippen molar-refractivity contribution < 1.29 is 18.6 Å². The lowest BCUT2D eigenvalue weighted by atomic mass is 10.1. The number of hydrogen-bond donors (Lipinski definition) is 2. The van der Waals surface area contributed by atoms with Gasteiger partial charge in [-0.15, -0.1) is 0 Å². The third-order valence-corrected chi connectivity index (χ3v) is 5.17. The highest BCUT2D eigenvalue weighted by Crippen LogP contribution is 2.16. The molecule has 6 nitrogen and oxygen atoms in total. The molecule has 0 aliphatic carbocycles. The molecule has 0 spiro atoms. The third kappa shape index (κ3) is 5.97. The fourth-order valence-electron chi connectivity index (χ4n) is 3.25. The maximum absolute atomic E-state index is 13.0. The Hall–Kier alpha value is -3.06. The largest absolute Gasteiger partial charge is 0.352 e. The second-order valence-corrected chi connectivity index (χ2v) is 7.20. The minimum atomic E-state index is -0.320. The molecule has 0 fully saturated rings. The van der Waals surface area contributed by atoms with Gasteiger partial charge in [0.05, 0.1) is 13.1 Å². The second kappa shape index (κ2) is 10.6. The molecule has 3 aromatic rings. The van der Waals surface area contributed by atoms with Crippen LogP contribution in [0.5, 0.6) is 0 Å². The van der Waals surface area contributed by atoms with Crippen molar-refractivity contribution in [2.24, 2.45) is 0 Å². The predicted octanol–water partition coefficient (Wildman–Crippen LogP) is 2.55. The summed E-state index contributed by atoms with van der Waals surface area (Å²) in [5.74, 6) is 0.383. The number of nitrogens with one attached hydrogen (secondary N) is 2. The smallest absolute Gasteiger partial charge is 0.227 e. The van der Waals surface area contributed by atoms with Gasteiger partial charge < -0.3 is 14.7 Å². The number of rotatable bonds is 10. The van der Waals surface area contributed by atoms with Crippen molar-refractivity contribution >= 4 is 5.91 Å². The molecular weight excluding hydrogens is 383 g/mol. The van der Waals surface area contributed by atoms with Crippen molar-refractivity contribution in [3.05, 3.63) is 71.4 Å². The summed E-state index contributed by atoms with van der Waals surface area (Å²) in [5, 5.41) is 6.88. The van der Waals surface area contributed by atoms with Crippen molar-refractivity contribution in [3.8, 4) is 11.4 Å². The molecule has 0 atom stereocenters. The lowest BCUT2D eigenvalue weighted by Crippen LogP contribution is -3.10. The van der Waals surface area contributed by atoms with E-state index >= 15 is 0 Å². The highest BCUT2D eigenvalue weighted by atomic mass is 19.1. The van der Waals surface area contributed by atoms with Crippen LogP contribution in [0.3, 0.4) is 0 Å². The lowest BCUT2D eigenvalue weighted by molar-refractivity contribution is -0.910. The Morgan fingerprint density at radius 3 is 2.47 bits per heavy atom. The zero-order valence-electron chi connectivity index (χ0n) is 17.5. The standard InChI is InChI=1S/C23H27FN4O2/c1-3-28(4-2)16-19-8-6-5-7-18(19)15-25-21(29)13-14-22-26-23(27-30-22)17-9-11-20(24)12-10-17/h5-12H,3-4,13-16H2,1-2H3,(H,25,29)/p+1. The van der Waals surface area contributed by atoms with E-state index in [9.17, 15) is 9.18 Å². The predicted molar refractivity (Wildman–Crippen MR) is 112 cm³/mol. The van der Waals surface area contributed by atoms with Gasteiger partial charge in [-0.1, -0.05) is 29.4 Å². The Morgan fingerprint density at radius 1 is 1.07 bits per heavy atom. The summed E-state index contributed by atoms with van der Waals surface area (Å²) in [6.07, 6.45) is 0.611. The highest BCUT2D eigenvalue weighted by molar-refractivity contribution is 5.76. The zero-order valence-corrected chi connectivity index (χ0v) is 17.5. The molecule has 2 N–H and O–H groups in total. The monoisotopic (exact) mass is 411 g/mol. The first-order chi connectivity index (χ1) is 14.6. The molecule has 1 amide bonds. The van der Waals surface area contributed by atoms with E-state index in [1.165, 1.54) is 22.6 Å². The molecule has 0 saturated carbocycles.